The van der Waals surface area contributed by atoms with Gasteiger partial charge in [0.15, 0.2) is 0 Å². The highest BCUT2D eigenvalue weighted by molar-refractivity contribution is 5.75. The van der Waals surface area contributed by atoms with Crippen LogP contribution in [0.4, 0.5) is 16.6 Å². The van der Waals surface area contributed by atoms with Crippen molar-refractivity contribution >= 4 is 17.8 Å². The molecule has 3 N–H and O–H groups in total. The van der Waals surface area contributed by atoms with E-state index < -0.39 is 0 Å². The van der Waals surface area contributed by atoms with Gasteiger partial charge < -0.3 is 20.9 Å². The van der Waals surface area contributed by atoms with Gasteiger partial charge in [-0.15, -0.1) is 0 Å². The van der Waals surface area contributed by atoms with Crippen LogP contribution >= 0.6 is 0 Å². The molecule has 5 rings (SSSR count). The Balaban J connectivity index is 1.09. The third-order valence-electron chi connectivity index (χ3n) is 7.32. The highest BCUT2D eigenvalue weighted by Gasteiger charge is 2.39. The number of amides is 2. The van der Waals surface area contributed by atoms with E-state index in [9.17, 15) is 4.79 Å². The molecule has 2 aromatic rings. The van der Waals surface area contributed by atoms with E-state index in [2.05, 4.69) is 59.2 Å². The number of nitrogens with one attached hydrogen (secondary N) is 3. The third kappa shape index (κ3) is 5.23. The van der Waals surface area contributed by atoms with Gasteiger partial charge in [0, 0.05) is 43.7 Å². The molecule has 2 atom stereocenters. The average molecular weight is 449 g/mol. The molecule has 7 heteroatoms. The molecule has 1 aromatic carbocycles. The second-order valence-electron chi connectivity index (χ2n) is 10.1. The number of carbonyl (C=O) groups is 1. The topological polar surface area (TPSA) is 82.2 Å². The van der Waals surface area contributed by atoms with Crippen LogP contribution in [0.5, 0.6) is 0 Å². The SMILES string of the molecule is CN(C)c1nc(NC2CCC(NC(=O)N[C@@H]3C[C@H]3c3ccccc3)CC2)nc2c1CCCC2. The van der Waals surface area contributed by atoms with E-state index in [1.54, 1.807) is 0 Å². The molecule has 0 radical (unpaired) electrons. The van der Waals surface area contributed by atoms with Crippen molar-refractivity contribution in [1.29, 1.82) is 0 Å². The van der Waals surface area contributed by atoms with Crippen molar-refractivity contribution in [3.63, 3.8) is 0 Å². The van der Waals surface area contributed by atoms with Crippen LogP contribution in [0.25, 0.3) is 0 Å². The van der Waals surface area contributed by atoms with Crippen molar-refractivity contribution in [2.45, 2.75) is 81.8 Å². The van der Waals surface area contributed by atoms with Gasteiger partial charge >= 0.3 is 6.03 Å². The zero-order valence-electron chi connectivity index (χ0n) is 19.8. The van der Waals surface area contributed by atoms with Gasteiger partial charge in [0.1, 0.15) is 5.82 Å². The van der Waals surface area contributed by atoms with Crippen LogP contribution in [0.3, 0.4) is 0 Å². The summed E-state index contributed by atoms with van der Waals surface area (Å²) in [5.41, 5.74) is 3.85. The molecule has 176 valence electrons. The predicted molar refractivity (Wildman–Crippen MR) is 132 cm³/mol. The Morgan fingerprint density at radius 2 is 1.67 bits per heavy atom. The molecule has 0 bridgehead atoms. The number of nitrogens with zero attached hydrogens (tertiary/aromatic N) is 3. The standard InChI is InChI=1S/C26H36N6O/c1-32(2)24-20-10-6-7-11-22(20)29-25(31-24)27-18-12-14-19(15-13-18)28-26(33)30-23-16-21(23)17-8-4-3-5-9-17/h3-5,8-9,18-19,21,23H,6-7,10-16H2,1-2H3,(H,27,29,31)(H2,28,30,33)/t18?,19?,21-,23+/m0/s1. The first-order valence-electron chi connectivity index (χ1n) is 12.5. The van der Waals surface area contributed by atoms with Gasteiger partial charge in [-0.1, -0.05) is 30.3 Å². The molecule has 3 aliphatic carbocycles. The Bertz CT molecular complexity index is 970. The van der Waals surface area contributed by atoms with Crippen LogP contribution in [0.2, 0.25) is 0 Å². The number of anilines is 2. The zero-order chi connectivity index (χ0) is 22.8. The summed E-state index contributed by atoms with van der Waals surface area (Å²) in [7, 11) is 4.12. The molecule has 1 heterocycles. The third-order valence-corrected chi connectivity index (χ3v) is 7.32. The number of benzene rings is 1. The van der Waals surface area contributed by atoms with Crippen LogP contribution in [0, 0.1) is 0 Å². The highest BCUT2D eigenvalue weighted by Crippen LogP contribution is 2.40. The Hall–Kier alpha value is -2.83. The molecule has 2 saturated carbocycles. The minimum Gasteiger partial charge on any atom is -0.362 e. The summed E-state index contributed by atoms with van der Waals surface area (Å²) >= 11 is 0. The number of urea groups is 1. The normalized spacial score (nSPS) is 26.1. The maximum Gasteiger partial charge on any atom is 0.315 e. The number of fused-ring (bicyclic) bond motifs is 1. The van der Waals surface area contributed by atoms with E-state index in [4.69, 9.17) is 9.97 Å². The van der Waals surface area contributed by atoms with Crippen LogP contribution in [-0.2, 0) is 12.8 Å². The predicted octanol–water partition coefficient (Wildman–Crippen LogP) is 4.00. The van der Waals surface area contributed by atoms with Gasteiger partial charge in [0.25, 0.3) is 0 Å². The minimum atomic E-state index is -0.0246. The quantitative estimate of drug-likeness (QED) is 0.622. The molecule has 7 nitrogen and oxygen atoms in total. The van der Waals surface area contributed by atoms with Crippen LogP contribution < -0.4 is 20.9 Å². The summed E-state index contributed by atoms with van der Waals surface area (Å²) in [5, 5.41) is 9.94. The first-order chi connectivity index (χ1) is 16.1. The molecule has 3 aliphatic rings. The van der Waals surface area contributed by atoms with Gasteiger partial charge in [-0.05, 0) is 63.4 Å². The summed E-state index contributed by atoms with van der Waals surface area (Å²) in [6.07, 6.45) is 9.57. The van der Waals surface area contributed by atoms with Crippen molar-refractivity contribution in [2.24, 2.45) is 0 Å². The molecule has 33 heavy (non-hydrogen) atoms. The first kappa shape index (κ1) is 22.0. The number of hydrogen-bond acceptors (Lipinski definition) is 5. The molecule has 1 aromatic heterocycles. The van der Waals surface area contributed by atoms with E-state index in [0.717, 1.165) is 56.7 Å². The fourth-order valence-electron chi connectivity index (χ4n) is 5.39. The largest absolute Gasteiger partial charge is 0.362 e. The Morgan fingerprint density at radius 3 is 2.42 bits per heavy atom. The summed E-state index contributed by atoms with van der Waals surface area (Å²) in [4.78, 5) is 24.3. The van der Waals surface area contributed by atoms with E-state index in [1.165, 1.54) is 29.7 Å². The number of aromatic nitrogens is 2. The Morgan fingerprint density at radius 1 is 0.939 bits per heavy atom. The van der Waals surface area contributed by atoms with E-state index in [-0.39, 0.29) is 18.1 Å². The van der Waals surface area contributed by atoms with Crippen molar-refractivity contribution in [3.8, 4) is 0 Å². The molecule has 0 saturated heterocycles. The van der Waals surface area contributed by atoms with E-state index in [0.29, 0.717) is 12.0 Å². The molecular formula is C26H36N6O. The van der Waals surface area contributed by atoms with Crippen molar-refractivity contribution in [1.82, 2.24) is 20.6 Å². The lowest BCUT2D eigenvalue weighted by Crippen LogP contribution is -2.45. The fourth-order valence-corrected chi connectivity index (χ4v) is 5.39. The minimum absolute atomic E-state index is 0.0246. The van der Waals surface area contributed by atoms with Crippen molar-refractivity contribution in [3.05, 3.63) is 47.2 Å². The highest BCUT2D eigenvalue weighted by atomic mass is 16.2. The molecule has 0 unspecified atom stereocenters. The van der Waals surface area contributed by atoms with Crippen LogP contribution in [0.1, 0.15) is 67.7 Å². The number of aryl methyl sites for hydroxylation is 1. The second-order valence-corrected chi connectivity index (χ2v) is 10.1. The summed E-state index contributed by atoms with van der Waals surface area (Å²) < 4.78 is 0. The molecule has 0 aliphatic heterocycles. The van der Waals surface area contributed by atoms with Crippen LogP contribution in [-0.4, -0.2) is 48.2 Å². The number of carbonyl (C=O) groups excluding carboxylic acids is 1. The first-order valence-corrected chi connectivity index (χ1v) is 12.5. The van der Waals surface area contributed by atoms with E-state index in [1.807, 2.05) is 6.07 Å². The monoisotopic (exact) mass is 448 g/mol. The number of hydrogen-bond donors (Lipinski definition) is 3. The van der Waals surface area contributed by atoms with Gasteiger partial charge in [-0.3, -0.25) is 0 Å². The number of rotatable bonds is 6. The van der Waals surface area contributed by atoms with Crippen molar-refractivity contribution < 1.29 is 4.79 Å². The maximum absolute atomic E-state index is 12.5. The summed E-state index contributed by atoms with van der Waals surface area (Å²) in [6.45, 7) is 0. The van der Waals surface area contributed by atoms with Crippen LogP contribution in [0.15, 0.2) is 30.3 Å². The maximum atomic E-state index is 12.5. The molecule has 0 spiro atoms. The zero-order valence-corrected chi connectivity index (χ0v) is 19.8. The van der Waals surface area contributed by atoms with Gasteiger partial charge in [-0.25, -0.2) is 9.78 Å². The van der Waals surface area contributed by atoms with Gasteiger partial charge in [0.05, 0.1) is 5.69 Å². The Labute approximate surface area is 196 Å². The fraction of sp³-hybridized carbons (Fsp3) is 0.577. The second kappa shape index (κ2) is 9.57. The lowest BCUT2D eigenvalue weighted by Gasteiger charge is -2.30. The molecule has 2 fully saturated rings. The molecular weight excluding hydrogens is 412 g/mol. The lowest BCUT2D eigenvalue weighted by atomic mass is 9.91. The summed E-state index contributed by atoms with van der Waals surface area (Å²) in [6, 6.07) is 11.3. The summed E-state index contributed by atoms with van der Waals surface area (Å²) in [5.74, 6) is 2.28. The van der Waals surface area contributed by atoms with Gasteiger partial charge in [0.2, 0.25) is 5.95 Å². The lowest BCUT2D eigenvalue weighted by molar-refractivity contribution is 0.231. The average Bonchev–Trinajstić information content (AvgIpc) is 3.59. The van der Waals surface area contributed by atoms with Crippen molar-refractivity contribution in [2.75, 3.05) is 24.3 Å². The van der Waals surface area contributed by atoms with Gasteiger partial charge in [-0.2, -0.15) is 4.98 Å². The molecule has 2 amide bonds. The Kier molecular flexibility index (Phi) is 6.38. The van der Waals surface area contributed by atoms with E-state index >= 15 is 0 Å². The smallest absolute Gasteiger partial charge is 0.315 e.